The normalized spacial score (nSPS) is 13.1. The van der Waals surface area contributed by atoms with Crippen LogP contribution in [0.1, 0.15) is 125 Å². The Kier molecular flexibility index (Phi) is 20.2. The third-order valence-corrected chi connectivity index (χ3v) is 6.94. The summed E-state index contributed by atoms with van der Waals surface area (Å²) in [4.78, 5) is 0. The fourth-order valence-corrected chi connectivity index (χ4v) is 5.86. The Morgan fingerprint density at radius 1 is 0.459 bits per heavy atom. The zero-order valence-electron chi connectivity index (χ0n) is 28.5. The van der Waals surface area contributed by atoms with Crippen LogP contribution in [0.2, 0.25) is 11.5 Å². The van der Waals surface area contributed by atoms with Crippen LogP contribution in [0.4, 0.5) is 3.50 Å². The van der Waals surface area contributed by atoms with Crippen LogP contribution in [-0.4, -0.2) is 47.0 Å². The number of hydrogen-bond acceptors (Lipinski definition) is 0. The van der Waals surface area contributed by atoms with E-state index in [2.05, 4.69) is 141 Å². The summed E-state index contributed by atoms with van der Waals surface area (Å²) in [6.45, 7) is 38.2. The van der Waals surface area contributed by atoms with E-state index in [1.54, 1.807) is 11.5 Å². The Bertz CT molecular complexity index is 570. The summed E-state index contributed by atoms with van der Waals surface area (Å²) in [5, 5.41) is 13.6. The van der Waals surface area contributed by atoms with Gasteiger partial charge < -0.3 is 16.0 Å². The van der Waals surface area contributed by atoms with Gasteiger partial charge in [-0.05, 0) is 0 Å². The first kappa shape index (κ1) is 44.6. The van der Waals surface area contributed by atoms with Gasteiger partial charge >= 0.3 is 83.6 Å². The maximum absolute atomic E-state index is 13.1. The second kappa shape index (κ2) is 16.8. The molecule has 1 aromatic carbocycles. The van der Waals surface area contributed by atoms with Crippen molar-refractivity contribution < 1.29 is 29.7 Å². The molecule has 218 valence electrons. The van der Waals surface area contributed by atoms with E-state index in [1.807, 2.05) is 24.3 Å². The fourth-order valence-electron chi connectivity index (χ4n) is 3.79. The van der Waals surface area contributed by atoms with Gasteiger partial charge in [-0.25, -0.2) is 0 Å². The number of halogens is 1. The Morgan fingerprint density at radius 2 is 0.622 bits per heavy atom. The van der Waals surface area contributed by atoms with Gasteiger partial charge in [-0.15, -0.1) is 33.2 Å². The smallest absolute Gasteiger partial charge is 4.00 e. The summed E-state index contributed by atoms with van der Waals surface area (Å²) in [5.74, 6) is 3.49. The molecule has 0 radical (unpaired) electrons. The molecule has 0 bridgehead atoms. The van der Waals surface area contributed by atoms with E-state index in [1.165, 1.54) is 0 Å². The summed E-state index contributed by atoms with van der Waals surface area (Å²) < 4.78 is 14.1. The summed E-state index contributed by atoms with van der Waals surface area (Å²) in [6, 6.07) is 7.53. The van der Waals surface area contributed by atoms with E-state index >= 15 is 0 Å². The van der Waals surface area contributed by atoms with Crippen LogP contribution in [0.5, 0.6) is 0 Å². The number of nitrogens with zero attached hydrogens (tertiary/aromatic N) is 3. The summed E-state index contributed by atoms with van der Waals surface area (Å²) in [7, 11) is 0. The van der Waals surface area contributed by atoms with E-state index in [0.29, 0.717) is 0 Å². The van der Waals surface area contributed by atoms with Crippen LogP contribution in [0.3, 0.4) is 0 Å². The standard InChI is InChI=1S/3C8H18N.C7H10FGe.Zr/c3*1-7(2,3)9-8(4,5)6;1-9(2,8)7-5-3-4-6-7;/h3*1-6H3;3-6H,1-2H3;/q4*-1;+4. The molecular formula is C31H64FGeN3Zr. The molecule has 0 saturated heterocycles. The van der Waals surface area contributed by atoms with Gasteiger partial charge in [-0.2, -0.15) is 0 Å². The minimum Gasteiger partial charge on any atom is 4.00 e. The van der Waals surface area contributed by atoms with Crippen molar-refractivity contribution in [3.8, 4) is 0 Å². The van der Waals surface area contributed by atoms with Crippen molar-refractivity contribution in [3.63, 3.8) is 0 Å². The molecule has 0 aromatic heterocycles. The second-order valence-corrected chi connectivity index (χ2v) is 23.4. The molecule has 1 aromatic rings. The molecule has 0 amide bonds. The zero-order valence-corrected chi connectivity index (χ0v) is 33.1. The van der Waals surface area contributed by atoms with Gasteiger partial charge in [0.25, 0.3) is 0 Å². The molecule has 0 aliphatic rings. The van der Waals surface area contributed by atoms with Crippen molar-refractivity contribution in [2.75, 3.05) is 0 Å². The van der Waals surface area contributed by atoms with E-state index in [4.69, 9.17) is 0 Å². The van der Waals surface area contributed by atoms with Gasteiger partial charge in [0.05, 0.1) is 0 Å². The van der Waals surface area contributed by atoms with Crippen molar-refractivity contribution in [1.29, 1.82) is 0 Å². The largest absolute Gasteiger partial charge is 4.00 e. The molecule has 0 atom stereocenters. The molecule has 0 spiro atoms. The fraction of sp³-hybridized carbons (Fsp3) is 0.839. The SMILES string of the molecule is CC(C)(C)[N-]C(C)(C)C.CC(C)(C)[N-]C(C)(C)C.CC(C)(C)[N-]C(C)(C)C.[CH3][Ge]([CH3])([F])[c-]1cccc1.[Zr+4]. The summed E-state index contributed by atoms with van der Waals surface area (Å²) in [6.07, 6.45) is 0. The Labute approximate surface area is 256 Å². The van der Waals surface area contributed by atoms with Gasteiger partial charge in [0.1, 0.15) is 0 Å². The third kappa shape index (κ3) is 43.9. The van der Waals surface area contributed by atoms with Crippen LogP contribution < -0.4 is 4.40 Å². The predicted molar refractivity (Wildman–Crippen MR) is 169 cm³/mol. The maximum atomic E-state index is 13.1. The van der Waals surface area contributed by atoms with Gasteiger partial charge in [-0.1, -0.05) is 125 Å². The monoisotopic (exact) mass is 661 g/mol. The van der Waals surface area contributed by atoms with Gasteiger partial charge in [0.15, 0.2) is 0 Å². The average Bonchev–Trinajstić information content (AvgIpc) is 2.89. The predicted octanol–water partition coefficient (Wildman–Crippen LogP) is 10.7. The van der Waals surface area contributed by atoms with Gasteiger partial charge in [0.2, 0.25) is 0 Å². The summed E-state index contributed by atoms with van der Waals surface area (Å²) >= 11 is -2.94. The van der Waals surface area contributed by atoms with E-state index < -0.39 is 13.7 Å². The second-order valence-electron chi connectivity index (χ2n) is 16.0. The topological polar surface area (TPSA) is 42.3 Å². The molecule has 0 aliphatic carbocycles. The molecule has 3 nitrogen and oxygen atoms in total. The van der Waals surface area contributed by atoms with Crippen molar-refractivity contribution in [2.45, 2.75) is 169 Å². The van der Waals surface area contributed by atoms with Crippen molar-refractivity contribution in [3.05, 3.63) is 40.2 Å². The zero-order chi connectivity index (χ0) is 30.0. The first-order valence-corrected chi connectivity index (χ1v) is 19.4. The van der Waals surface area contributed by atoms with E-state index in [0.717, 1.165) is 4.40 Å². The summed E-state index contributed by atoms with van der Waals surface area (Å²) in [5.41, 5.74) is 0.656. The van der Waals surface area contributed by atoms with Gasteiger partial charge in [0, 0.05) is 0 Å². The molecule has 0 fully saturated rings. The number of rotatable bonds is 1. The van der Waals surface area contributed by atoms with Crippen LogP contribution in [0, 0.1) is 0 Å². The third-order valence-electron chi connectivity index (χ3n) is 3.36. The molecule has 0 heterocycles. The Morgan fingerprint density at radius 3 is 0.676 bits per heavy atom. The molecule has 1 rings (SSSR count). The molecule has 0 N–H and O–H groups in total. The van der Waals surface area contributed by atoms with Crippen LogP contribution in [0.25, 0.3) is 16.0 Å². The van der Waals surface area contributed by atoms with E-state index in [-0.39, 0.29) is 59.4 Å². The number of hydrogen-bond donors (Lipinski definition) is 0. The first-order valence-electron chi connectivity index (χ1n) is 13.4. The molecule has 6 heteroatoms. The maximum Gasteiger partial charge on any atom is 4.00 e. The molecule has 0 unspecified atom stereocenters. The van der Waals surface area contributed by atoms with E-state index in [9.17, 15) is 3.50 Å². The van der Waals surface area contributed by atoms with Crippen LogP contribution in [-0.2, 0) is 26.2 Å². The molecule has 0 aliphatic heterocycles. The quantitative estimate of drug-likeness (QED) is 0.212. The Hall–Kier alpha value is 0.586. The van der Waals surface area contributed by atoms with Crippen molar-refractivity contribution in [1.82, 2.24) is 0 Å². The molecule has 37 heavy (non-hydrogen) atoms. The van der Waals surface area contributed by atoms with Crippen molar-refractivity contribution >= 4 is 18.1 Å². The molecular weight excluding hydrogens is 597 g/mol. The molecule has 0 saturated carbocycles. The van der Waals surface area contributed by atoms with Crippen molar-refractivity contribution in [2.24, 2.45) is 0 Å². The minimum atomic E-state index is -2.94. The Balaban J connectivity index is -0.000000194. The van der Waals surface area contributed by atoms with Crippen LogP contribution >= 0.6 is 0 Å². The van der Waals surface area contributed by atoms with Crippen LogP contribution in [0.15, 0.2) is 24.3 Å². The average molecular weight is 662 g/mol. The van der Waals surface area contributed by atoms with Gasteiger partial charge in [-0.3, -0.25) is 0 Å². The first-order chi connectivity index (χ1) is 15.2. The minimum absolute atomic E-state index is 0.